The number of benzene rings is 1. The van der Waals surface area contributed by atoms with Crippen LogP contribution in [0.25, 0.3) is 16.7 Å². The smallest absolute Gasteiger partial charge is 0.283 e. The van der Waals surface area contributed by atoms with E-state index in [1.54, 1.807) is 10.7 Å². The number of ether oxygens (including phenoxy) is 1. The molecule has 3 aromatic rings. The van der Waals surface area contributed by atoms with Gasteiger partial charge in [-0.1, -0.05) is 24.6 Å². The van der Waals surface area contributed by atoms with Crippen molar-refractivity contribution < 1.29 is 22.3 Å². The Morgan fingerprint density at radius 2 is 1.92 bits per heavy atom. The number of anilines is 1. The van der Waals surface area contributed by atoms with Crippen molar-refractivity contribution in [3.8, 4) is 5.69 Å². The molecule has 37 heavy (non-hydrogen) atoms. The molecule has 198 valence electrons. The zero-order chi connectivity index (χ0) is 26.2. The molecule has 1 aromatic carbocycles. The minimum atomic E-state index is -3.79. The highest BCUT2D eigenvalue weighted by Gasteiger charge is 2.37. The molecule has 1 amide bonds. The van der Waals surface area contributed by atoms with Crippen molar-refractivity contribution in [1.82, 2.24) is 19.5 Å². The molecule has 0 atom stereocenters. The number of piperidine rings is 1. The van der Waals surface area contributed by atoms with E-state index in [9.17, 15) is 13.2 Å². The standard InChI is InChI=1S/C26H32FN5O4S/c1-3-36-17-26(27)12-14-31(15-13-26)21-16-20(25(33)30-37(2,34)35)28-24-22(21)23(18-8-7-9-18)29-32(24)19-10-5-4-6-11-19/h4-6,10-11,16,18H,3,7-9,12-15,17H2,1-2H3,(H,30,33). The van der Waals surface area contributed by atoms with Crippen LogP contribution in [0.3, 0.4) is 0 Å². The molecule has 3 heterocycles. The summed E-state index contributed by atoms with van der Waals surface area (Å²) in [6.45, 7) is 3.22. The number of pyridine rings is 1. The first-order valence-electron chi connectivity index (χ1n) is 12.7. The molecule has 1 aliphatic carbocycles. The van der Waals surface area contributed by atoms with Crippen LogP contribution in [0.2, 0.25) is 0 Å². The van der Waals surface area contributed by atoms with Gasteiger partial charge in [0.1, 0.15) is 11.4 Å². The summed E-state index contributed by atoms with van der Waals surface area (Å²) in [5, 5.41) is 5.80. The third kappa shape index (κ3) is 5.33. The van der Waals surface area contributed by atoms with E-state index < -0.39 is 21.6 Å². The third-order valence-electron chi connectivity index (χ3n) is 7.21. The van der Waals surface area contributed by atoms with Gasteiger partial charge in [0.2, 0.25) is 10.0 Å². The zero-order valence-corrected chi connectivity index (χ0v) is 21.9. The van der Waals surface area contributed by atoms with Crippen molar-refractivity contribution in [1.29, 1.82) is 0 Å². The van der Waals surface area contributed by atoms with Gasteiger partial charge in [-0.25, -0.2) is 27.2 Å². The molecule has 2 aliphatic rings. The van der Waals surface area contributed by atoms with E-state index in [1.807, 2.05) is 42.0 Å². The molecule has 9 nitrogen and oxygen atoms in total. The van der Waals surface area contributed by atoms with E-state index in [0.717, 1.165) is 48.0 Å². The molecule has 11 heteroatoms. The van der Waals surface area contributed by atoms with E-state index in [0.29, 0.717) is 25.3 Å². The van der Waals surface area contributed by atoms with Crippen LogP contribution in [-0.4, -0.2) is 67.3 Å². The number of halogens is 1. The van der Waals surface area contributed by atoms with Gasteiger partial charge in [-0.3, -0.25) is 4.79 Å². The average Bonchev–Trinajstić information content (AvgIpc) is 3.20. The largest absolute Gasteiger partial charge is 0.378 e. The Morgan fingerprint density at radius 1 is 1.22 bits per heavy atom. The Labute approximate surface area is 216 Å². The maximum atomic E-state index is 15.3. The fraction of sp³-hybridized carbons (Fsp3) is 0.500. The maximum Gasteiger partial charge on any atom is 0.283 e. The molecule has 1 saturated heterocycles. The summed E-state index contributed by atoms with van der Waals surface area (Å²) in [6.07, 6.45) is 4.64. The average molecular weight is 530 g/mol. The summed E-state index contributed by atoms with van der Waals surface area (Å²) < 4.78 is 48.1. The molecule has 2 aromatic heterocycles. The number of hydrogen-bond acceptors (Lipinski definition) is 7. The van der Waals surface area contributed by atoms with E-state index in [-0.39, 0.29) is 31.1 Å². The number of fused-ring (bicyclic) bond motifs is 1. The number of sulfonamides is 1. The molecule has 0 radical (unpaired) electrons. The molecule has 0 bridgehead atoms. The fourth-order valence-electron chi connectivity index (χ4n) is 5.00. The van der Waals surface area contributed by atoms with Crippen molar-refractivity contribution in [2.45, 2.75) is 50.6 Å². The number of amides is 1. The van der Waals surface area contributed by atoms with Crippen molar-refractivity contribution in [3.05, 3.63) is 47.8 Å². The first kappa shape index (κ1) is 25.6. The lowest BCUT2D eigenvalue weighted by Crippen LogP contribution is -2.44. The van der Waals surface area contributed by atoms with Crippen LogP contribution in [0, 0.1) is 0 Å². The number of aromatic nitrogens is 3. The van der Waals surface area contributed by atoms with Gasteiger partial charge < -0.3 is 9.64 Å². The minimum Gasteiger partial charge on any atom is -0.378 e. The number of carbonyl (C=O) groups is 1. The minimum absolute atomic E-state index is 0.0310. The van der Waals surface area contributed by atoms with Crippen molar-refractivity contribution >= 4 is 32.7 Å². The highest BCUT2D eigenvalue weighted by atomic mass is 32.2. The van der Waals surface area contributed by atoms with Crippen LogP contribution in [0.1, 0.15) is 61.1 Å². The number of alkyl halides is 1. The fourth-order valence-corrected chi connectivity index (χ4v) is 5.44. The monoisotopic (exact) mass is 529 g/mol. The second-order valence-electron chi connectivity index (χ2n) is 9.96. The van der Waals surface area contributed by atoms with Crippen LogP contribution >= 0.6 is 0 Å². The van der Waals surface area contributed by atoms with Gasteiger partial charge in [-0.2, -0.15) is 5.10 Å². The summed E-state index contributed by atoms with van der Waals surface area (Å²) >= 11 is 0. The first-order chi connectivity index (χ1) is 17.7. The van der Waals surface area contributed by atoms with Crippen molar-refractivity contribution in [3.63, 3.8) is 0 Å². The number of carbonyl (C=O) groups excluding carboxylic acids is 1. The summed E-state index contributed by atoms with van der Waals surface area (Å²) in [4.78, 5) is 19.6. The van der Waals surface area contributed by atoms with Crippen LogP contribution in [0.4, 0.5) is 10.1 Å². The van der Waals surface area contributed by atoms with Gasteiger partial charge in [0, 0.05) is 38.5 Å². The summed E-state index contributed by atoms with van der Waals surface area (Å²) in [6, 6.07) is 11.1. The van der Waals surface area contributed by atoms with Gasteiger partial charge >= 0.3 is 0 Å². The molecule has 5 rings (SSSR count). The summed E-state index contributed by atoms with van der Waals surface area (Å²) in [7, 11) is -3.79. The quantitative estimate of drug-likeness (QED) is 0.474. The first-order valence-corrected chi connectivity index (χ1v) is 14.6. The van der Waals surface area contributed by atoms with E-state index in [2.05, 4.69) is 9.88 Å². The van der Waals surface area contributed by atoms with Crippen molar-refractivity contribution in [2.75, 3.05) is 37.5 Å². The predicted octanol–water partition coefficient (Wildman–Crippen LogP) is 3.72. The Bertz CT molecular complexity index is 1400. The molecule has 2 fully saturated rings. The SMILES string of the molecule is CCOCC1(F)CCN(c2cc(C(=O)NS(C)(=O)=O)nc3c2c(C2CCC2)nn3-c2ccccc2)CC1. The lowest BCUT2D eigenvalue weighted by atomic mass is 9.81. The Morgan fingerprint density at radius 3 is 2.51 bits per heavy atom. The molecule has 0 unspecified atom stereocenters. The Hall–Kier alpha value is -3.05. The third-order valence-corrected chi connectivity index (χ3v) is 7.77. The van der Waals surface area contributed by atoms with E-state index in [4.69, 9.17) is 9.84 Å². The van der Waals surface area contributed by atoms with Crippen LogP contribution < -0.4 is 9.62 Å². The zero-order valence-electron chi connectivity index (χ0n) is 21.1. The molecule has 1 saturated carbocycles. The van der Waals surface area contributed by atoms with Crippen LogP contribution in [0.15, 0.2) is 36.4 Å². The topological polar surface area (TPSA) is 106 Å². The molecule has 0 spiro atoms. The highest BCUT2D eigenvalue weighted by Crippen LogP contribution is 2.43. The van der Waals surface area contributed by atoms with Gasteiger partial charge in [0.15, 0.2) is 5.65 Å². The number of hydrogen-bond donors (Lipinski definition) is 1. The second kappa shape index (κ2) is 10.0. The summed E-state index contributed by atoms with van der Waals surface area (Å²) in [5.74, 6) is -0.545. The van der Waals surface area contributed by atoms with Crippen molar-refractivity contribution in [2.24, 2.45) is 0 Å². The molecule has 1 N–H and O–H groups in total. The Kier molecular flexibility index (Phi) is 6.93. The number of nitrogens with zero attached hydrogens (tertiary/aromatic N) is 4. The van der Waals surface area contributed by atoms with E-state index >= 15 is 4.39 Å². The van der Waals surface area contributed by atoms with Gasteiger partial charge in [0.05, 0.1) is 35.3 Å². The van der Waals surface area contributed by atoms with Crippen LogP contribution in [-0.2, 0) is 14.8 Å². The molecular weight excluding hydrogens is 497 g/mol. The predicted molar refractivity (Wildman–Crippen MR) is 140 cm³/mol. The number of nitrogens with one attached hydrogen (secondary N) is 1. The normalized spacial score (nSPS) is 18.1. The number of rotatable bonds is 8. The molecule has 1 aliphatic heterocycles. The molecular formula is C26H32FN5O4S. The Balaban J connectivity index is 1.65. The lowest BCUT2D eigenvalue weighted by Gasteiger charge is -2.38. The van der Waals surface area contributed by atoms with Crippen LogP contribution in [0.5, 0.6) is 0 Å². The van der Waals surface area contributed by atoms with Gasteiger partial charge in [-0.15, -0.1) is 0 Å². The highest BCUT2D eigenvalue weighted by molar-refractivity contribution is 7.89. The lowest BCUT2D eigenvalue weighted by molar-refractivity contribution is 0.00461. The maximum absolute atomic E-state index is 15.3. The second-order valence-corrected chi connectivity index (χ2v) is 11.7. The van der Waals surface area contributed by atoms with Gasteiger partial charge in [0.25, 0.3) is 5.91 Å². The summed E-state index contributed by atoms with van der Waals surface area (Å²) in [5.41, 5.74) is 1.48. The number of para-hydroxylation sites is 1. The van der Waals surface area contributed by atoms with Gasteiger partial charge in [-0.05, 0) is 38.0 Å². The van der Waals surface area contributed by atoms with E-state index in [1.165, 1.54) is 0 Å².